The van der Waals surface area contributed by atoms with Crippen molar-refractivity contribution in [2.45, 2.75) is 18.6 Å². The number of nitrogens with one attached hydrogen (secondary N) is 1. The highest BCUT2D eigenvalue weighted by atomic mass is 28.3. The molecule has 0 amide bonds. The molecule has 0 aromatic carbocycles. The molecule has 46 valence electrons. The van der Waals surface area contributed by atoms with Gasteiger partial charge < -0.3 is 5.32 Å². The summed E-state index contributed by atoms with van der Waals surface area (Å²) in [6, 6.07) is 1.36. The van der Waals surface area contributed by atoms with Gasteiger partial charge in [-0.2, -0.15) is 0 Å². The Labute approximate surface area is 56.9 Å². The minimum Gasteiger partial charge on any atom is -0.323 e. The minimum atomic E-state index is -0.0718. The van der Waals surface area contributed by atoms with Crippen LogP contribution >= 0.6 is 0 Å². The Bertz CT molecular complexity index is 45.7. The highest BCUT2D eigenvalue weighted by Gasteiger charge is 2.01. The van der Waals surface area contributed by atoms with Crippen LogP contribution in [0.3, 0.4) is 0 Å². The van der Waals surface area contributed by atoms with Gasteiger partial charge in [-0.05, 0) is 13.2 Å². The third-order valence-corrected chi connectivity index (χ3v) is 5.03. The molecule has 0 aromatic heterocycles. The molecule has 0 bridgehead atoms. The van der Waals surface area contributed by atoms with Gasteiger partial charge in [-0.3, -0.25) is 0 Å². The zero-order chi connectivity index (χ0) is 6.41. The van der Waals surface area contributed by atoms with Crippen LogP contribution in [0.25, 0.3) is 0 Å². The molecule has 0 aromatic rings. The van der Waals surface area contributed by atoms with Gasteiger partial charge in [0.25, 0.3) is 0 Å². The van der Waals surface area contributed by atoms with Crippen LogP contribution in [0, 0.1) is 0 Å². The molecule has 3 heteroatoms. The standard InChI is InChI=1S/C5H13NSi2/c1-3-8(5-7)4-6-2/h6H,3-5H2,1-2H3. The molecule has 0 saturated heterocycles. The largest absolute Gasteiger partial charge is 0.323 e. The van der Waals surface area contributed by atoms with Gasteiger partial charge in [0, 0.05) is 10.2 Å². The molecule has 0 fully saturated rings. The highest BCUT2D eigenvalue weighted by Crippen LogP contribution is 1.91. The molecule has 0 aliphatic carbocycles. The van der Waals surface area contributed by atoms with Crippen molar-refractivity contribution in [3.63, 3.8) is 0 Å². The van der Waals surface area contributed by atoms with E-state index in [1.165, 1.54) is 17.9 Å². The summed E-state index contributed by atoms with van der Waals surface area (Å²) >= 11 is 0. The van der Waals surface area contributed by atoms with Crippen LogP contribution in [0.4, 0.5) is 0 Å². The molecule has 0 saturated carbocycles. The summed E-state index contributed by atoms with van der Waals surface area (Å²) in [4.78, 5) is 0. The van der Waals surface area contributed by atoms with E-state index in [2.05, 4.69) is 22.5 Å². The van der Waals surface area contributed by atoms with E-state index in [1.54, 1.807) is 0 Å². The summed E-state index contributed by atoms with van der Waals surface area (Å²) < 4.78 is 0. The molecule has 0 aliphatic rings. The fourth-order valence-electron chi connectivity index (χ4n) is 0.562. The Kier molecular flexibility index (Phi) is 5.80. The zero-order valence-electron chi connectivity index (χ0n) is 5.62. The molecule has 4 radical (unpaired) electrons. The van der Waals surface area contributed by atoms with Crippen molar-refractivity contribution in [2.75, 3.05) is 13.2 Å². The maximum atomic E-state index is 3.53. The number of hydrogen-bond donors (Lipinski definition) is 1. The monoisotopic (exact) mass is 143 g/mol. The summed E-state index contributed by atoms with van der Waals surface area (Å²) in [5.74, 6) is 0. The van der Waals surface area contributed by atoms with Gasteiger partial charge in [-0.25, -0.2) is 0 Å². The van der Waals surface area contributed by atoms with Gasteiger partial charge in [-0.1, -0.05) is 18.6 Å². The van der Waals surface area contributed by atoms with Crippen molar-refractivity contribution in [1.29, 1.82) is 0 Å². The lowest BCUT2D eigenvalue weighted by Gasteiger charge is -2.06. The highest BCUT2D eigenvalue weighted by molar-refractivity contribution is 6.65. The summed E-state index contributed by atoms with van der Waals surface area (Å²) in [6.45, 7) is 2.26. The molecule has 0 atom stereocenters. The number of hydrogen-bond acceptors (Lipinski definition) is 1. The average Bonchev–Trinajstić information content (AvgIpc) is 1.83. The molecule has 1 nitrogen and oxygen atoms in total. The first-order valence-electron chi connectivity index (χ1n) is 2.97. The third-order valence-electron chi connectivity index (χ3n) is 1.18. The molecule has 0 aliphatic heterocycles. The lowest BCUT2D eigenvalue weighted by atomic mass is 11.0. The van der Waals surface area contributed by atoms with Gasteiger partial charge >= 0.3 is 0 Å². The van der Waals surface area contributed by atoms with Crippen molar-refractivity contribution >= 4 is 19.0 Å². The Hall–Kier alpha value is 0.394. The molecule has 0 rings (SSSR count). The van der Waals surface area contributed by atoms with Gasteiger partial charge in [0.15, 0.2) is 0 Å². The van der Waals surface area contributed by atoms with Crippen molar-refractivity contribution in [1.82, 2.24) is 5.32 Å². The molecular weight excluding hydrogens is 130 g/mol. The topological polar surface area (TPSA) is 12.0 Å². The van der Waals surface area contributed by atoms with E-state index >= 15 is 0 Å². The lowest BCUT2D eigenvalue weighted by Crippen LogP contribution is -2.26. The van der Waals surface area contributed by atoms with Crippen LogP contribution in [-0.2, 0) is 0 Å². The Balaban J connectivity index is 3.07. The normalized spacial score (nSPS) is 10.5. The van der Waals surface area contributed by atoms with E-state index in [0.717, 1.165) is 0 Å². The van der Waals surface area contributed by atoms with Gasteiger partial charge in [0.05, 0.1) is 8.80 Å². The summed E-state index contributed by atoms with van der Waals surface area (Å²) in [7, 11) is 5.47. The molecule has 0 spiro atoms. The average molecular weight is 143 g/mol. The van der Waals surface area contributed by atoms with Crippen molar-refractivity contribution in [2.24, 2.45) is 0 Å². The first-order valence-corrected chi connectivity index (χ1v) is 5.80. The van der Waals surface area contributed by atoms with E-state index in [4.69, 9.17) is 0 Å². The lowest BCUT2D eigenvalue weighted by molar-refractivity contribution is 0.950. The predicted octanol–water partition coefficient (Wildman–Crippen LogP) is 0.386. The van der Waals surface area contributed by atoms with E-state index in [-0.39, 0.29) is 8.80 Å². The fraction of sp³-hybridized carbons (Fsp3) is 1.00. The smallest absolute Gasteiger partial charge is 0.0609 e. The van der Waals surface area contributed by atoms with Gasteiger partial charge in [0.1, 0.15) is 0 Å². The molecule has 0 heterocycles. The summed E-state index contributed by atoms with van der Waals surface area (Å²) in [5, 5.41) is 3.18. The van der Waals surface area contributed by atoms with E-state index in [9.17, 15) is 0 Å². The fourth-order valence-corrected chi connectivity index (χ4v) is 2.81. The first kappa shape index (κ1) is 8.39. The van der Waals surface area contributed by atoms with Crippen LogP contribution in [0.1, 0.15) is 6.92 Å². The number of rotatable bonds is 4. The van der Waals surface area contributed by atoms with E-state index in [1.807, 2.05) is 7.05 Å². The van der Waals surface area contributed by atoms with Crippen LogP contribution < -0.4 is 5.32 Å². The van der Waals surface area contributed by atoms with Crippen LogP contribution in [0.2, 0.25) is 11.7 Å². The first-order chi connectivity index (χ1) is 3.85. The van der Waals surface area contributed by atoms with E-state index < -0.39 is 0 Å². The van der Waals surface area contributed by atoms with Crippen LogP contribution in [0.5, 0.6) is 0 Å². The molecular formula is C5H13NSi2. The van der Waals surface area contributed by atoms with Crippen LogP contribution in [-0.4, -0.2) is 32.3 Å². The SMILES string of the molecule is CC[Si](C[Si])CNC. The van der Waals surface area contributed by atoms with Crippen molar-refractivity contribution < 1.29 is 0 Å². The molecule has 0 unspecified atom stereocenters. The summed E-state index contributed by atoms with van der Waals surface area (Å²) in [5.41, 5.74) is 1.21. The Morgan fingerprint density at radius 3 is 2.38 bits per heavy atom. The van der Waals surface area contributed by atoms with Crippen LogP contribution in [0.15, 0.2) is 0 Å². The van der Waals surface area contributed by atoms with Gasteiger partial charge in [0.2, 0.25) is 0 Å². The Morgan fingerprint density at radius 1 is 1.62 bits per heavy atom. The zero-order valence-corrected chi connectivity index (χ0v) is 7.62. The maximum Gasteiger partial charge on any atom is 0.0609 e. The maximum absolute atomic E-state index is 3.53. The Morgan fingerprint density at radius 2 is 2.25 bits per heavy atom. The third kappa shape index (κ3) is 3.40. The summed E-state index contributed by atoms with van der Waals surface area (Å²) in [6.07, 6.45) is 1.23. The second kappa shape index (κ2) is 5.53. The van der Waals surface area contributed by atoms with Gasteiger partial charge in [-0.15, -0.1) is 0 Å². The minimum absolute atomic E-state index is 0.0718. The second-order valence-electron chi connectivity index (χ2n) is 1.81. The quantitative estimate of drug-likeness (QED) is 0.561. The van der Waals surface area contributed by atoms with Crippen molar-refractivity contribution in [3.8, 4) is 0 Å². The van der Waals surface area contributed by atoms with Crippen molar-refractivity contribution in [3.05, 3.63) is 0 Å². The molecule has 8 heavy (non-hydrogen) atoms. The predicted molar refractivity (Wildman–Crippen MR) is 40.7 cm³/mol. The van der Waals surface area contributed by atoms with E-state index in [0.29, 0.717) is 0 Å². The second-order valence-corrected chi connectivity index (χ2v) is 5.79. The molecule has 1 N–H and O–H groups in total.